The first-order valence-corrected chi connectivity index (χ1v) is 7.68. The van der Waals surface area contributed by atoms with E-state index in [1.54, 1.807) is 13.0 Å². The van der Waals surface area contributed by atoms with Crippen LogP contribution in [0.15, 0.2) is 42.5 Å². The van der Waals surface area contributed by atoms with Crippen LogP contribution in [0.25, 0.3) is 0 Å². The van der Waals surface area contributed by atoms with Crippen molar-refractivity contribution in [3.05, 3.63) is 59.4 Å². The molecule has 2 aromatic rings. The maximum atomic E-state index is 13.7. The number of benzene rings is 2. The van der Waals surface area contributed by atoms with Gasteiger partial charge in [-0.05, 0) is 55.2 Å². The average Bonchev–Trinajstić information content (AvgIpc) is 3.40. The maximum absolute atomic E-state index is 13.7. The van der Waals surface area contributed by atoms with Gasteiger partial charge in [0, 0.05) is 0 Å². The molecule has 0 radical (unpaired) electrons. The summed E-state index contributed by atoms with van der Waals surface area (Å²) in [7, 11) is 0. The number of hydroxylamine groups is 1. The van der Waals surface area contributed by atoms with Crippen LogP contribution in [-0.4, -0.2) is 17.8 Å². The minimum Gasteiger partial charge on any atom is -0.454 e. The Morgan fingerprint density at radius 2 is 1.73 bits per heavy atom. The van der Waals surface area contributed by atoms with Crippen LogP contribution in [0.5, 0.6) is 11.5 Å². The molecular weight excluding hydrogens is 354 g/mol. The quantitative estimate of drug-likeness (QED) is 0.356. The second kappa shape index (κ2) is 7.74. The Balaban J connectivity index is 0.000000552. The number of aryl methyl sites for hydroxylation is 1. The highest BCUT2D eigenvalue weighted by atomic mass is 19.4. The van der Waals surface area contributed by atoms with Crippen molar-refractivity contribution in [2.75, 3.05) is 0 Å². The van der Waals surface area contributed by atoms with Gasteiger partial charge in [-0.25, -0.2) is 9.87 Å². The number of hydrogen-bond acceptors (Lipinski definition) is 3. The average molecular weight is 371 g/mol. The third-order valence-corrected chi connectivity index (χ3v) is 4.07. The Bertz CT molecular complexity index is 756. The fourth-order valence-corrected chi connectivity index (χ4v) is 2.52. The van der Waals surface area contributed by atoms with E-state index in [1.807, 2.05) is 0 Å². The highest BCUT2D eigenvalue weighted by Crippen LogP contribution is 2.58. The van der Waals surface area contributed by atoms with Crippen molar-refractivity contribution in [2.45, 2.75) is 31.4 Å². The van der Waals surface area contributed by atoms with Crippen LogP contribution in [0.1, 0.15) is 24.0 Å². The second-order valence-corrected chi connectivity index (χ2v) is 5.89. The largest absolute Gasteiger partial charge is 0.454 e. The van der Waals surface area contributed by atoms with Gasteiger partial charge in [-0.15, -0.1) is 0 Å². The summed E-state index contributed by atoms with van der Waals surface area (Å²) in [6.45, 7) is 1.76. The topological polar surface area (TPSA) is 58.6 Å². The standard InChI is InChI=1S/C17H14F4O.CH3NO2/c1-11-2-7-15(14(18)10-11)22-13-5-3-12(4-6-13)16(8-9-16)17(19,20)21;3-1-2-4/h2-7,10H,8-9H2,1H3;1,4H,(H,2,3). The van der Waals surface area contributed by atoms with Crippen LogP contribution >= 0.6 is 0 Å². The lowest BCUT2D eigenvalue weighted by Crippen LogP contribution is -2.28. The van der Waals surface area contributed by atoms with Crippen molar-refractivity contribution >= 4 is 6.41 Å². The van der Waals surface area contributed by atoms with Gasteiger partial charge in [-0.1, -0.05) is 18.2 Å². The lowest BCUT2D eigenvalue weighted by Gasteiger charge is -2.19. The summed E-state index contributed by atoms with van der Waals surface area (Å²) < 4.78 is 58.2. The molecule has 1 saturated carbocycles. The van der Waals surface area contributed by atoms with Gasteiger partial charge in [0.15, 0.2) is 11.6 Å². The predicted molar refractivity (Wildman–Crippen MR) is 85.6 cm³/mol. The first-order valence-electron chi connectivity index (χ1n) is 7.68. The molecule has 2 aromatic carbocycles. The minimum absolute atomic E-state index is 0.0512. The molecule has 0 spiro atoms. The monoisotopic (exact) mass is 371 g/mol. The number of alkyl halides is 3. The highest BCUT2D eigenvalue weighted by molar-refractivity contribution is 5.43. The molecule has 0 saturated heterocycles. The van der Waals surface area contributed by atoms with Crippen LogP contribution in [0.3, 0.4) is 0 Å². The van der Waals surface area contributed by atoms with E-state index in [0.717, 1.165) is 5.56 Å². The van der Waals surface area contributed by atoms with E-state index in [2.05, 4.69) is 0 Å². The van der Waals surface area contributed by atoms with Gasteiger partial charge in [-0.2, -0.15) is 13.2 Å². The molecule has 8 heteroatoms. The number of rotatable bonds is 4. The summed E-state index contributed by atoms with van der Waals surface area (Å²) in [6, 6.07) is 10.2. The zero-order chi connectivity index (χ0) is 19.4. The van der Waals surface area contributed by atoms with Crippen molar-refractivity contribution in [3.63, 3.8) is 0 Å². The van der Waals surface area contributed by atoms with Crippen molar-refractivity contribution < 1.29 is 32.3 Å². The summed E-state index contributed by atoms with van der Waals surface area (Å²) >= 11 is 0. The SMILES string of the molecule is Cc1ccc(Oc2ccc(C3(C(F)(F)F)CC3)cc2)c(F)c1.O=CNO. The van der Waals surface area contributed by atoms with Crippen LogP contribution in [0.2, 0.25) is 0 Å². The lowest BCUT2D eigenvalue weighted by atomic mass is 9.95. The lowest BCUT2D eigenvalue weighted by molar-refractivity contribution is -0.160. The van der Waals surface area contributed by atoms with Crippen molar-refractivity contribution in [2.24, 2.45) is 0 Å². The van der Waals surface area contributed by atoms with Crippen molar-refractivity contribution in [3.8, 4) is 11.5 Å². The Hall–Kier alpha value is -2.61. The zero-order valence-corrected chi connectivity index (χ0v) is 13.8. The predicted octanol–water partition coefficient (Wildman–Crippen LogP) is 4.64. The molecule has 0 aromatic heterocycles. The summed E-state index contributed by atoms with van der Waals surface area (Å²) in [5.41, 5.74) is 0.540. The normalized spacial score (nSPS) is 14.7. The Morgan fingerprint density at radius 1 is 1.15 bits per heavy atom. The van der Waals surface area contributed by atoms with Crippen molar-refractivity contribution in [1.29, 1.82) is 0 Å². The fraction of sp³-hybridized carbons (Fsp3) is 0.278. The van der Waals surface area contributed by atoms with Gasteiger partial charge in [0.25, 0.3) is 0 Å². The molecule has 4 nitrogen and oxygen atoms in total. The van der Waals surface area contributed by atoms with Gasteiger partial charge in [0.1, 0.15) is 5.75 Å². The number of amides is 1. The molecule has 0 aliphatic heterocycles. The summed E-state index contributed by atoms with van der Waals surface area (Å²) in [6.07, 6.45) is -3.83. The van der Waals surface area contributed by atoms with Gasteiger partial charge in [-0.3, -0.25) is 10.0 Å². The van der Waals surface area contributed by atoms with Crippen LogP contribution < -0.4 is 10.2 Å². The van der Waals surface area contributed by atoms with E-state index in [0.29, 0.717) is 5.75 Å². The Labute approximate surface area is 147 Å². The van der Waals surface area contributed by atoms with E-state index in [1.165, 1.54) is 41.9 Å². The number of ether oxygens (including phenoxy) is 1. The van der Waals surface area contributed by atoms with Crippen LogP contribution in [-0.2, 0) is 10.2 Å². The number of carbonyl (C=O) groups excluding carboxylic acids is 1. The van der Waals surface area contributed by atoms with Gasteiger partial charge in [0.05, 0.1) is 5.41 Å². The number of nitrogens with one attached hydrogen (secondary N) is 1. The molecular formula is C18H17F4NO3. The van der Waals surface area contributed by atoms with E-state index in [-0.39, 0.29) is 30.6 Å². The molecule has 0 bridgehead atoms. The second-order valence-electron chi connectivity index (χ2n) is 5.89. The van der Waals surface area contributed by atoms with E-state index >= 15 is 0 Å². The molecule has 140 valence electrons. The smallest absolute Gasteiger partial charge is 0.398 e. The van der Waals surface area contributed by atoms with Gasteiger partial charge >= 0.3 is 6.18 Å². The minimum atomic E-state index is -4.24. The van der Waals surface area contributed by atoms with E-state index in [4.69, 9.17) is 14.7 Å². The van der Waals surface area contributed by atoms with E-state index in [9.17, 15) is 17.6 Å². The molecule has 1 aliphatic rings. The summed E-state index contributed by atoms with van der Waals surface area (Å²) in [5.74, 6) is -0.141. The van der Waals surface area contributed by atoms with Crippen molar-refractivity contribution in [1.82, 2.24) is 5.48 Å². The maximum Gasteiger partial charge on any atom is 0.398 e. The zero-order valence-electron chi connectivity index (χ0n) is 13.8. The third kappa shape index (κ3) is 4.32. The molecule has 1 amide bonds. The molecule has 0 heterocycles. The molecule has 3 rings (SSSR count). The highest BCUT2D eigenvalue weighted by Gasteiger charge is 2.64. The molecule has 1 aliphatic carbocycles. The van der Waals surface area contributed by atoms with E-state index < -0.39 is 17.4 Å². The molecule has 0 unspecified atom stereocenters. The summed E-state index contributed by atoms with van der Waals surface area (Å²) in [5, 5.41) is 7.26. The molecule has 2 N–H and O–H groups in total. The molecule has 0 atom stereocenters. The third-order valence-electron chi connectivity index (χ3n) is 4.07. The van der Waals surface area contributed by atoms with Crippen LogP contribution in [0.4, 0.5) is 17.6 Å². The Kier molecular flexibility index (Phi) is 5.86. The molecule has 26 heavy (non-hydrogen) atoms. The number of hydrogen-bond donors (Lipinski definition) is 2. The van der Waals surface area contributed by atoms with Gasteiger partial charge < -0.3 is 4.74 Å². The van der Waals surface area contributed by atoms with Gasteiger partial charge in [0.2, 0.25) is 6.41 Å². The molecule has 1 fully saturated rings. The number of halogens is 4. The number of carbonyl (C=O) groups is 1. The Morgan fingerprint density at radius 3 is 2.15 bits per heavy atom. The van der Waals surface area contributed by atoms with Crippen LogP contribution in [0, 0.1) is 12.7 Å². The first kappa shape index (κ1) is 19.7. The fourth-order valence-electron chi connectivity index (χ4n) is 2.52. The first-order chi connectivity index (χ1) is 12.2. The summed E-state index contributed by atoms with van der Waals surface area (Å²) in [4.78, 5) is 8.81.